The summed E-state index contributed by atoms with van der Waals surface area (Å²) in [6, 6.07) is 7.54. The Balaban J connectivity index is 1.76. The summed E-state index contributed by atoms with van der Waals surface area (Å²) >= 11 is 3.25. The van der Waals surface area contributed by atoms with Crippen LogP contribution in [-0.4, -0.2) is 16.6 Å². The van der Waals surface area contributed by atoms with Crippen molar-refractivity contribution in [2.24, 2.45) is 0 Å². The molecule has 0 N–H and O–H groups in total. The summed E-state index contributed by atoms with van der Waals surface area (Å²) in [5.74, 6) is 0.727. The lowest BCUT2D eigenvalue weighted by Gasteiger charge is -2.22. The number of halogens is 2. The van der Waals surface area contributed by atoms with E-state index in [2.05, 4.69) is 39.0 Å². The van der Waals surface area contributed by atoms with E-state index >= 15 is 0 Å². The molecule has 0 unspecified atom stereocenters. The van der Waals surface area contributed by atoms with Crippen molar-refractivity contribution >= 4 is 15.9 Å². The number of nitrogens with zero attached hydrogens (tertiary/aromatic N) is 2. The zero-order chi connectivity index (χ0) is 14.8. The van der Waals surface area contributed by atoms with Crippen LogP contribution >= 0.6 is 15.9 Å². The second-order valence-electron chi connectivity index (χ2n) is 5.45. The summed E-state index contributed by atoms with van der Waals surface area (Å²) in [6.45, 7) is 3.90. The van der Waals surface area contributed by atoms with E-state index in [4.69, 9.17) is 4.52 Å². The van der Waals surface area contributed by atoms with Crippen LogP contribution < -0.4 is 0 Å². The molecule has 0 bridgehead atoms. The summed E-state index contributed by atoms with van der Waals surface area (Å²) in [5.41, 5.74) is 2.10. The summed E-state index contributed by atoms with van der Waals surface area (Å²) in [4.78, 5) is 2.37. The van der Waals surface area contributed by atoms with Crippen LogP contribution in [0.1, 0.15) is 42.8 Å². The molecule has 1 aliphatic rings. The molecule has 0 saturated carbocycles. The van der Waals surface area contributed by atoms with Gasteiger partial charge in [0.2, 0.25) is 0 Å². The SMILES string of the molecule is CCc1cc([C@H]2CCCN2Cc2ccc(F)c(Br)c2)on1. The van der Waals surface area contributed by atoms with Crippen molar-refractivity contribution in [3.8, 4) is 0 Å². The molecule has 3 rings (SSSR count). The van der Waals surface area contributed by atoms with Crippen LogP contribution in [0.25, 0.3) is 0 Å². The van der Waals surface area contributed by atoms with Gasteiger partial charge in [0.15, 0.2) is 5.76 Å². The van der Waals surface area contributed by atoms with E-state index in [-0.39, 0.29) is 11.9 Å². The molecule has 2 heterocycles. The van der Waals surface area contributed by atoms with Crippen molar-refractivity contribution in [3.05, 3.63) is 51.6 Å². The summed E-state index contributed by atoms with van der Waals surface area (Å²) < 4.78 is 19.3. The minimum absolute atomic E-state index is 0.223. The highest BCUT2D eigenvalue weighted by molar-refractivity contribution is 9.10. The fraction of sp³-hybridized carbons (Fsp3) is 0.438. The smallest absolute Gasteiger partial charge is 0.154 e. The van der Waals surface area contributed by atoms with Crippen molar-refractivity contribution in [2.45, 2.75) is 38.8 Å². The molecule has 1 saturated heterocycles. The van der Waals surface area contributed by atoms with E-state index in [0.717, 1.165) is 49.4 Å². The second-order valence-corrected chi connectivity index (χ2v) is 6.31. The minimum Gasteiger partial charge on any atom is -0.359 e. The first-order chi connectivity index (χ1) is 10.2. The van der Waals surface area contributed by atoms with Crippen molar-refractivity contribution < 1.29 is 8.91 Å². The Hall–Kier alpha value is -1.20. The highest BCUT2D eigenvalue weighted by Gasteiger charge is 2.29. The normalized spacial score (nSPS) is 19.3. The van der Waals surface area contributed by atoms with Gasteiger partial charge in [-0.25, -0.2) is 4.39 Å². The average Bonchev–Trinajstić information content (AvgIpc) is 3.11. The predicted molar refractivity (Wildman–Crippen MR) is 82.4 cm³/mol. The molecule has 0 radical (unpaired) electrons. The highest BCUT2D eigenvalue weighted by Crippen LogP contribution is 2.34. The summed E-state index contributed by atoms with van der Waals surface area (Å²) in [5, 5.41) is 4.09. The van der Waals surface area contributed by atoms with Crippen LogP contribution in [0, 0.1) is 5.82 Å². The maximum absolute atomic E-state index is 13.3. The molecule has 5 heteroatoms. The van der Waals surface area contributed by atoms with E-state index in [0.29, 0.717) is 4.47 Å². The molecular weight excluding hydrogens is 335 g/mol. The van der Waals surface area contributed by atoms with Crippen LogP contribution in [0.3, 0.4) is 0 Å². The van der Waals surface area contributed by atoms with Gasteiger partial charge in [0.05, 0.1) is 16.2 Å². The Kier molecular flexibility index (Phi) is 4.40. The van der Waals surface area contributed by atoms with Gasteiger partial charge < -0.3 is 4.52 Å². The van der Waals surface area contributed by atoms with E-state index in [1.165, 1.54) is 6.07 Å². The van der Waals surface area contributed by atoms with Crippen molar-refractivity contribution in [1.29, 1.82) is 0 Å². The van der Waals surface area contributed by atoms with Gasteiger partial charge in [-0.2, -0.15) is 0 Å². The molecular formula is C16H18BrFN2O. The lowest BCUT2D eigenvalue weighted by molar-refractivity contribution is 0.206. The van der Waals surface area contributed by atoms with E-state index < -0.39 is 0 Å². The third-order valence-electron chi connectivity index (χ3n) is 4.00. The van der Waals surface area contributed by atoms with Crippen molar-refractivity contribution in [3.63, 3.8) is 0 Å². The van der Waals surface area contributed by atoms with Crippen LogP contribution in [-0.2, 0) is 13.0 Å². The van der Waals surface area contributed by atoms with Gasteiger partial charge >= 0.3 is 0 Å². The molecule has 0 amide bonds. The molecule has 21 heavy (non-hydrogen) atoms. The molecule has 0 spiro atoms. The largest absolute Gasteiger partial charge is 0.359 e. The quantitative estimate of drug-likeness (QED) is 0.812. The van der Waals surface area contributed by atoms with Crippen LogP contribution in [0.5, 0.6) is 0 Å². The van der Waals surface area contributed by atoms with Crippen LogP contribution in [0.2, 0.25) is 0 Å². The third kappa shape index (κ3) is 3.19. The second kappa shape index (κ2) is 6.28. The van der Waals surface area contributed by atoms with Crippen LogP contribution in [0.4, 0.5) is 4.39 Å². The molecule has 1 aliphatic heterocycles. The first-order valence-electron chi connectivity index (χ1n) is 7.31. The number of aromatic nitrogens is 1. The first-order valence-corrected chi connectivity index (χ1v) is 8.10. The van der Waals surface area contributed by atoms with E-state index in [1.807, 2.05) is 12.1 Å². The van der Waals surface area contributed by atoms with E-state index in [9.17, 15) is 4.39 Å². The Labute approximate surface area is 132 Å². The summed E-state index contributed by atoms with van der Waals surface area (Å²) in [6.07, 6.45) is 3.12. The molecule has 112 valence electrons. The van der Waals surface area contributed by atoms with Gasteiger partial charge in [-0.3, -0.25) is 4.90 Å². The lowest BCUT2D eigenvalue weighted by atomic mass is 10.1. The van der Waals surface area contributed by atoms with Gasteiger partial charge in [-0.1, -0.05) is 18.1 Å². The minimum atomic E-state index is -0.223. The molecule has 1 atom stereocenters. The molecule has 1 aromatic carbocycles. The number of aryl methyl sites for hydroxylation is 1. The Morgan fingerprint density at radius 2 is 2.29 bits per heavy atom. The Morgan fingerprint density at radius 1 is 1.43 bits per heavy atom. The van der Waals surface area contributed by atoms with Crippen LogP contribution in [0.15, 0.2) is 33.3 Å². The summed E-state index contributed by atoms with van der Waals surface area (Å²) in [7, 11) is 0. The third-order valence-corrected chi connectivity index (χ3v) is 4.61. The van der Waals surface area contributed by atoms with Gasteiger partial charge in [0.25, 0.3) is 0 Å². The fourth-order valence-corrected chi connectivity index (χ4v) is 3.29. The standard InChI is InChI=1S/C16H18BrFN2O/c1-2-12-9-16(21-19-12)15-4-3-7-20(15)10-11-5-6-14(18)13(17)8-11/h5-6,8-9,15H,2-4,7,10H2,1H3/t15-/m1/s1. The maximum Gasteiger partial charge on any atom is 0.154 e. The number of benzene rings is 1. The first kappa shape index (κ1) is 14.7. The lowest BCUT2D eigenvalue weighted by Crippen LogP contribution is -2.22. The van der Waals surface area contributed by atoms with E-state index in [1.54, 1.807) is 0 Å². The van der Waals surface area contributed by atoms with Gasteiger partial charge in [0, 0.05) is 12.6 Å². The molecule has 1 aromatic heterocycles. The number of hydrogen-bond donors (Lipinski definition) is 0. The maximum atomic E-state index is 13.3. The van der Waals surface area contributed by atoms with Crippen molar-refractivity contribution in [2.75, 3.05) is 6.54 Å². The van der Waals surface area contributed by atoms with Gasteiger partial charge in [0.1, 0.15) is 5.82 Å². The molecule has 0 aliphatic carbocycles. The predicted octanol–water partition coefficient (Wildman–Crippen LogP) is 4.48. The zero-order valence-corrected chi connectivity index (χ0v) is 13.6. The monoisotopic (exact) mass is 352 g/mol. The Bertz CT molecular complexity index is 628. The van der Waals surface area contributed by atoms with Crippen molar-refractivity contribution in [1.82, 2.24) is 10.1 Å². The number of likely N-dealkylation sites (tertiary alicyclic amines) is 1. The number of rotatable bonds is 4. The highest BCUT2D eigenvalue weighted by atomic mass is 79.9. The Morgan fingerprint density at radius 3 is 3.00 bits per heavy atom. The fourth-order valence-electron chi connectivity index (χ4n) is 2.86. The molecule has 3 nitrogen and oxygen atoms in total. The topological polar surface area (TPSA) is 29.3 Å². The molecule has 1 fully saturated rings. The number of hydrogen-bond acceptors (Lipinski definition) is 3. The van der Waals surface area contributed by atoms with Gasteiger partial charge in [-0.05, 0) is 59.4 Å². The molecule has 2 aromatic rings. The average molecular weight is 353 g/mol. The zero-order valence-electron chi connectivity index (χ0n) is 12.0. The van der Waals surface area contributed by atoms with Gasteiger partial charge in [-0.15, -0.1) is 0 Å².